The van der Waals surface area contributed by atoms with E-state index in [0.29, 0.717) is 18.0 Å². The van der Waals surface area contributed by atoms with E-state index in [1.54, 1.807) is 18.0 Å². The fourth-order valence-electron chi connectivity index (χ4n) is 2.42. The van der Waals surface area contributed by atoms with Crippen LogP contribution in [0.5, 0.6) is 0 Å². The van der Waals surface area contributed by atoms with Crippen LogP contribution in [0.1, 0.15) is 21.6 Å². The zero-order chi connectivity index (χ0) is 16.2. The molecule has 0 aliphatic carbocycles. The van der Waals surface area contributed by atoms with Gasteiger partial charge in [0.05, 0.1) is 0 Å². The Bertz CT molecular complexity index is 809. The molecule has 1 amide bonds. The standard InChI is InChI=1S/C19H18N2O2/c1-14-8-6-7-11-16(14)13-21(2)19(22)17-12-18(23-20-17)15-9-4-3-5-10-15/h3-12H,13H2,1-2H3. The molecule has 4 nitrogen and oxygen atoms in total. The molecule has 0 bridgehead atoms. The first-order chi connectivity index (χ1) is 11.1. The van der Waals surface area contributed by atoms with Crippen molar-refractivity contribution in [1.82, 2.24) is 10.1 Å². The predicted molar refractivity (Wildman–Crippen MR) is 88.9 cm³/mol. The molecule has 0 saturated heterocycles. The smallest absolute Gasteiger partial charge is 0.276 e. The van der Waals surface area contributed by atoms with E-state index in [-0.39, 0.29) is 5.91 Å². The van der Waals surface area contributed by atoms with Crippen molar-refractivity contribution in [3.05, 3.63) is 77.5 Å². The fraction of sp³-hybridized carbons (Fsp3) is 0.158. The summed E-state index contributed by atoms with van der Waals surface area (Å²) in [6.07, 6.45) is 0. The predicted octanol–water partition coefficient (Wildman–Crippen LogP) is 3.92. The number of nitrogens with zero attached hydrogens (tertiary/aromatic N) is 2. The lowest BCUT2D eigenvalue weighted by atomic mass is 10.1. The summed E-state index contributed by atoms with van der Waals surface area (Å²) >= 11 is 0. The second-order valence-corrected chi connectivity index (χ2v) is 5.53. The van der Waals surface area contributed by atoms with Crippen molar-refractivity contribution in [2.24, 2.45) is 0 Å². The first-order valence-corrected chi connectivity index (χ1v) is 7.47. The molecule has 3 rings (SSSR count). The third kappa shape index (κ3) is 3.31. The topological polar surface area (TPSA) is 46.3 Å². The van der Waals surface area contributed by atoms with Crippen molar-refractivity contribution in [1.29, 1.82) is 0 Å². The highest BCUT2D eigenvalue weighted by Gasteiger charge is 2.18. The summed E-state index contributed by atoms with van der Waals surface area (Å²) in [6, 6.07) is 19.3. The van der Waals surface area contributed by atoms with Crippen molar-refractivity contribution in [3.63, 3.8) is 0 Å². The van der Waals surface area contributed by atoms with Gasteiger partial charge in [-0.25, -0.2) is 0 Å². The first-order valence-electron chi connectivity index (χ1n) is 7.47. The van der Waals surface area contributed by atoms with Crippen LogP contribution in [0, 0.1) is 6.92 Å². The second kappa shape index (κ2) is 6.48. The Kier molecular flexibility index (Phi) is 4.24. The van der Waals surface area contributed by atoms with E-state index in [4.69, 9.17) is 4.52 Å². The molecule has 0 aliphatic heterocycles. The molecule has 23 heavy (non-hydrogen) atoms. The Morgan fingerprint density at radius 3 is 2.52 bits per heavy atom. The third-order valence-corrected chi connectivity index (χ3v) is 3.80. The molecule has 0 unspecified atom stereocenters. The average Bonchev–Trinajstić information content (AvgIpc) is 3.07. The molecule has 1 heterocycles. The van der Waals surface area contributed by atoms with E-state index in [0.717, 1.165) is 16.7 Å². The van der Waals surface area contributed by atoms with Crippen LogP contribution in [0.3, 0.4) is 0 Å². The SMILES string of the molecule is Cc1ccccc1CN(C)C(=O)c1cc(-c2ccccc2)on1. The summed E-state index contributed by atoms with van der Waals surface area (Å²) < 4.78 is 5.30. The quantitative estimate of drug-likeness (QED) is 0.734. The van der Waals surface area contributed by atoms with Crippen LogP contribution in [0.25, 0.3) is 11.3 Å². The molecule has 1 aromatic heterocycles. The molecular weight excluding hydrogens is 288 g/mol. The molecule has 3 aromatic rings. The summed E-state index contributed by atoms with van der Waals surface area (Å²) in [6.45, 7) is 2.58. The van der Waals surface area contributed by atoms with Gasteiger partial charge in [0.25, 0.3) is 5.91 Å². The van der Waals surface area contributed by atoms with Crippen LogP contribution >= 0.6 is 0 Å². The lowest BCUT2D eigenvalue weighted by Gasteiger charge is -2.17. The van der Waals surface area contributed by atoms with Crippen LogP contribution in [-0.4, -0.2) is 23.0 Å². The van der Waals surface area contributed by atoms with Gasteiger partial charge in [0.1, 0.15) is 0 Å². The highest BCUT2D eigenvalue weighted by atomic mass is 16.5. The molecule has 0 saturated carbocycles. The zero-order valence-corrected chi connectivity index (χ0v) is 13.2. The lowest BCUT2D eigenvalue weighted by Crippen LogP contribution is -2.26. The van der Waals surface area contributed by atoms with Crippen LogP contribution < -0.4 is 0 Å². The van der Waals surface area contributed by atoms with Crippen molar-refractivity contribution in [3.8, 4) is 11.3 Å². The second-order valence-electron chi connectivity index (χ2n) is 5.53. The van der Waals surface area contributed by atoms with Gasteiger partial charge in [-0.3, -0.25) is 4.79 Å². The Morgan fingerprint density at radius 2 is 1.78 bits per heavy atom. The van der Waals surface area contributed by atoms with Crippen molar-refractivity contribution < 1.29 is 9.32 Å². The number of benzene rings is 2. The van der Waals surface area contributed by atoms with Gasteiger partial charge in [-0.05, 0) is 18.1 Å². The molecule has 0 radical (unpaired) electrons. The number of aryl methyl sites for hydroxylation is 1. The number of aromatic nitrogens is 1. The van der Waals surface area contributed by atoms with Crippen LogP contribution in [0.4, 0.5) is 0 Å². The Balaban J connectivity index is 1.76. The molecule has 0 aliphatic rings. The van der Waals surface area contributed by atoms with Crippen molar-refractivity contribution in [2.75, 3.05) is 7.05 Å². The van der Waals surface area contributed by atoms with E-state index < -0.39 is 0 Å². The summed E-state index contributed by atoms with van der Waals surface area (Å²) in [5.74, 6) is 0.442. The van der Waals surface area contributed by atoms with Crippen molar-refractivity contribution in [2.45, 2.75) is 13.5 Å². The summed E-state index contributed by atoms with van der Waals surface area (Å²) in [4.78, 5) is 14.2. The number of hydrogen-bond acceptors (Lipinski definition) is 3. The number of carbonyl (C=O) groups excluding carboxylic acids is 1. The van der Waals surface area contributed by atoms with Gasteiger partial charge in [-0.1, -0.05) is 59.8 Å². The molecule has 0 N–H and O–H groups in total. The average molecular weight is 306 g/mol. The van der Waals surface area contributed by atoms with Gasteiger partial charge < -0.3 is 9.42 Å². The maximum absolute atomic E-state index is 12.5. The van der Waals surface area contributed by atoms with E-state index in [9.17, 15) is 4.79 Å². The third-order valence-electron chi connectivity index (χ3n) is 3.80. The molecule has 0 spiro atoms. The minimum absolute atomic E-state index is 0.154. The molecule has 116 valence electrons. The van der Waals surface area contributed by atoms with E-state index in [1.165, 1.54) is 0 Å². The van der Waals surface area contributed by atoms with Crippen LogP contribution in [0.2, 0.25) is 0 Å². The van der Waals surface area contributed by atoms with Crippen LogP contribution in [-0.2, 0) is 6.54 Å². The number of hydrogen-bond donors (Lipinski definition) is 0. The molecule has 0 fully saturated rings. The monoisotopic (exact) mass is 306 g/mol. The minimum Gasteiger partial charge on any atom is -0.355 e. The van der Waals surface area contributed by atoms with Crippen molar-refractivity contribution >= 4 is 5.91 Å². The van der Waals surface area contributed by atoms with Gasteiger partial charge in [-0.15, -0.1) is 0 Å². The largest absolute Gasteiger partial charge is 0.355 e. The van der Waals surface area contributed by atoms with Gasteiger partial charge in [0.2, 0.25) is 0 Å². The number of amides is 1. The first kappa shape index (κ1) is 15.0. The van der Waals surface area contributed by atoms with Gasteiger partial charge >= 0.3 is 0 Å². The van der Waals surface area contributed by atoms with E-state index >= 15 is 0 Å². The Labute approximate surface area is 135 Å². The highest BCUT2D eigenvalue weighted by molar-refractivity contribution is 5.92. The van der Waals surface area contributed by atoms with Gasteiger partial charge in [0, 0.05) is 25.2 Å². The lowest BCUT2D eigenvalue weighted by molar-refractivity contribution is 0.0774. The molecular formula is C19H18N2O2. The van der Waals surface area contributed by atoms with E-state index in [2.05, 4.69) is 5.16 Å². The van der Waals surface area contributed by atoms with Gasteiger partial charge in [0.15, 0.2) is 11.5 Å². The summed E-state index contributed by atoms with van der Waals surface area (Å²) in [5, 5.41) is 3.91. The fourth-order valence-corrected chi connectivity index (χ4v) is 2.42. The molecule has 2 aromatic carbocycles. The number of carbonyl (C=O) groups is 1. The Morgan fingerprint density at radius 1 is 1.09 bits per heavy atom. The van der Waals surface area contributed by atoms with Crippen LogP contribution in [0.15, 0.2) is 65.2 Å². The highest BCUT2D eigenvalue weighted by Crippen LogP contribution is 2.20. The number of rotatable bonds is 4. The molecule has 0 atom stereocenters. The Hall–Kier alpha value is -2.88. The minimum atomic E-state index is -0.154. The normalized spacial score (nSPS) is 10.5. The molecule has 4 heteroatoms. The van der Waals surface area contributed by atoms with Gasteiger partial charge in [-0.2, -0.15) is 0 Å². The summed E-state index contributed by atoms with van der Waals surface area (Å²) in [5.41, 5.74) is 3.51. The zero-order valence-electron chi connectivity index (χ0n) is 13.2. The maximum atomic E-state index is 12.5. The summed E-state index contributed by atoms with van der Waals surface area (Å²) in [7, 11) is 1.77. The van der Waals surface area contributed by atoms with E-state index in [1.807, 2.05) is 61.5 Å². The maximum Gasteiger partial charge on any atom is 0.276 e.